The van der Waals surface area contributed by atoms with E-state index >= 15 is 0 Å². The molecule has 1 saturated heterocycles. The Morgan fingerprint density at radius 2 is 2.28 bits per heavy atom. The van der Waals surface area contributed by atoms with Crippen molar-refractivity contribution in [2.24, 2.45) is 7.05 Å². The summed E-state index contributed by atoms with van der Waals surface area (Å²) in [6, 6.07) is 0. The van der Waals surface area contributed by atoms with Gasteiger partial charge in [0, 0.05) is 19.4 Å². The molecule has 0 radical (unpaired) electrons. The van der Waals surface area contributed by atoms with Gasteiger partial charge in [-0.2, -0.15) is 0 Å². The molecule has 0 saturated carbocycles. The molecule has 2 heterocycles. The highest BCUT2D eigenvalue weighted by Crippen LogP contribution is 2.19. The Morgan fingerprint density at radius 3 is 2.83 bits per heavy atom. The minimum atomic E-state index is -1.02. The number of carbonyl (C=O) groups is 2. The van der Waals surface area contributed by atoms with Crippen LogP contribution in [0.4, 0.5) is 0 Å². The Labute approximate surface area is 104 Å². The largest absolute Gasteiger partial charge is 0.479 e. The summed E-state index contributed by atoms with van der Waals surface area (Å²) in [5, 5.41) is 11.4. The first-order valence-electron chi connectivity index (χ1n) is 5.70. The van der Waals surface area contributed by atoms with E-state index in [1.807, 2.05) is 7.05 Å². The van der Waals surface area contributed by atoms with Gasteiger partial charge < -0.3 is 19.7 Å². The van der Waals surface area contributed by atoms with E-state index in [-0.39, 0.29) is 5.91 Å². The fraction of sp³-hybridized carbons (Fsp3) is 0.545. The summed E-state index contributed by atoms with van der Waals surface area (Å²) in [5.41, 5.74) is 0. The minimum absolute atomic E-state index is 0.290. The third kappa shape index (κ3) is 2.67. The second-order valence-corrected chi connectivity index (χ2v) is 4.20. The lowest BCUT2D eigenvalue weighted by molar-refractivity contribution is -0.151. The normalized spacial score (nSPS) is 22.9. The number of carbonyl (C=O) groups excluding carboxylic acids is 1. The molecule has 0 bridgehead atoms. The number of carboxylic acids is 1. The van der Waals surface area contributed by atoms with E-state index in [4.69, 9.17) is 9.84 Å². The number of carboxylic acid groups (broad SMARTS) is 1. The van der Waals surface area contributed by atoms with Gasteiger partial charge in [-0.15, -0.1) is 0 Å². The number of hydrogen-bond donors (Lipinski definition) is 2. The standard InChI is InChI=1S/C11H15N3O4/c1-14-5-4-12-9(14)6-13-10(15)7-2-3-8(18-7)11(16)17/h4-5,7-8H,2-3,6H2,1H3,(H,13,15)(H,16,17)/t7-,8+/m0/s1. The molecule has 1 fully saturated rings. The van der Waals surface area contributed by atoms with Gasteiger partial charge in [0.05, 0.1) is 6.54 Å². The predicted molar refractivity (Wildman–Crippen MR) is 60.6 cm³/mol. The lowest BCUT2D eigenvalue weighted by atomic mass is 10.2. The van der Waals surface area contributed by atoms with Crippen molar-refractivity contribution in [3.63, 3.8) is 0 Å². The number of ether oxygens (including phenoxy) is 1. The minimum Gasteiger partial charge on any atom is -0.479 e. The molecule has 1 amide bonds. The summed E-state index contributed by atoms with van der Waals surface area (Å²) in [7, 11) is 1.83. The Kier molecular flexibility index (Phi) is 3.61. The fourth-order valence-electron chi connectivity index (χ4n) is 1.86. The molecular weight excluding hydrogens is 238 g/mol. The molecule has 2 atom stereocenters. The fourth-order valence-corrected chi connectivity index (χ4v) is 1.86. The third-order valence-corrected chi connectivity index (χ3v) is 2.93. The van der Waals surface area contributed by atoms with Gasteiger partial charge in [0.25, 0.3) is 0 Å². The van der Waals surface area contributed by atoms with E-state index in [1.165, 1.54) is 0 Å². The maximum atomic E-state index is 11.8. The topological polar surface area (TPSA) is 93.5 Å². The molecule has 7 heteroatoms. The highest BCUT2D eigenvalue weighted by atomic mass is 16.5. The Morgan fingerprint density at radius 1 is 1.56 bits per heavy atom. The predicted octanol–water partition coefficient (Wildman–Crippen LogP) is -0.331. The Balaban J connectivity index is 1.83. The van der Waals surface area contributed by atoms with Gasteiger partial charge in [0.15, 0.2) is 6.10 Å². The number of aliphatic carboxylic acids is 1. The molecular formula is C11H15N3O4. The molecule has 1 aliphatic heterocycles. The van der Waals surface area contributed by atoms with Crippen LogP contribution in [0.5, 0.6) is 0 Å². The van der Waals surface area contributed by atoms with Crippen LogP contribution in [0.2, 0.25) is 0 Å². The molecule has 2 N–H and O–H groups in total. The zero-order valence-electron chi connectivity index (χ0n) is 10.00. The van der Waals surface area contributed by atoms with Gasteiger partial charge in [-0.1, -0.05) is 0 Å². The molecule has 0 aliphatic carbocycles. The summed E-state index contributed by atoms with van der Waals surface area (Å²) in [5.74, 6) is -0.577. The summed E-state index contributed by atoms with van der Waals surface area (Å²) in [6.07, 6.45) is 2.70. The van der Waals surface area contributed by atoms with Crippen molar-refractivity contribution in [2.45, 2.75) is 31.6 Å². The van der Waals surface area contributed by atoms with Crippen LogP contribution in [0.25, 0.3) is 0 Å². The second-order valence-electron chi connectivity index (χ2n) is 4.20. The zero-order valence-corrected chi connectivity index (χ0v) is 10.00. The first-order chi connectivity index (χ1) is 8.58. The summed E-state index contributed by atoms with van der Waals surface area (Å²) in [6.45, 7) is 0.305. The lowest BCUT2D eigenvalue weighted by Crippen LogP contribution is -2.35. The van der Waals surface area contributed by atoms with Crippen molar-refractivity contribution in [1.29, 1.82) is 0 Å². The van der Waals surface area contributed by atoms with Crippen molar-refractivity contribution >= 4 is 11.9 Å². The van der Waals surface area contributed by atoms with E-state index in [2.05, 4.69) is 10.3 Å². The van der Waals surface area contributed by atoms with Crippen molar-refractivity contribution in [1.82, 2.24) is 14.9 Å². The summed E-state index contributed by atoms with van der Waals surface area (Å²) in [4.78, 5) is 26.5. The number of hydrogen-bond acceptors (Lipinski definition) is 4. The first-order valence-corrected chi connectivity index (χ1v) is 5.70. The van der Waals surface area contributed by atoms with Crippen LogP contribution in [0.15, 0.2) is 12.4 Å². The molecule has 0 aromatic carbocycles. The smallest absolute Gasteiger partial charge is 0.332 e. The van der Waals surface area contributed by atoms with Gasteiger partial charge in [-0.25, -0.2) is 9.78 Å². The van der Waals surface area contributed by atoms with E-state index in [0.717, 1.165) is 5.82 Å². The van der Waals surface area contributed by atoms with Gasteiger partial charge in [-0.05, 0) is 12.8 Å². The number of nitrogens with zero attached hydrogens (tertiary/aromatic N) is 2. The number of amides is 1. The molecule has 0 unspecified atom stereocenters. The van der Waals surface area contributed by atoms with Gasteiger partial charge in [0.1, 0.15) is 11.9 Å². The van der Waals surface area contributed by atoms with E-state index in [9.17, 15) is 9.59 Å². The first kappa shape index (κ1) is 12.6. The zero-order chi connectivity index (χ0) is 13.1. The van der Waals surface area contributed by atoms with Crippen LogP contribution in [0, 0.1) is 0 Å². The van der Waals surface area contributed by atoms with E-state index in [0.29, 0.717) is 19.4 Å². The Hall–Kier alpha value is -1.89. The van der Waals surface area contributed by atoms with Crippen LogP contribution >= 0.6 is 0 Å². The maximum absolute atomic E-state index is 11.8. The van der Waals surface area contributed by atoms with Gasteiger partial charge in [0.2, 0.25) is 5.91 Å². The molecule has 2 rings (SSSR count). The number of aromatic nitrogens is 2. The molecule has 1 aliphatic rings. The van der Waals surface area contributed by atoms with Crippen LogP contribution in [0.3, 0.4) is 0 Å². The third-order valence-electron chi connectivity index (χ3n) is 2.93. The highest BCUT2D eigenvalue weighted by Gasteiger charge is 2.34. The molecule has 18 heavy (non-hydrogen) atoms. The Bertz CT molecular complexity index is 457. The molecule has 1 aromatic heterocycles. The highest BCUT2D eigenvalue weighted by molar-refractivity contribution is 5.82. The second kappa shape index (κ2) is 5.18. The molecule has 0 spiro atoms. The van der Waals surface area contributed by atoms with Crippen molar-refractivity contribution in [3.8, 4) is 0 Å². The lowest BCUT2D eigenvalue weighted by Gasteiger charge is -2.11. The number of imidazole rings is 1. The average molecular weight is 253 g/mol. The molecule has 98 valence electrons. The van der Waals surface area contributed by atoms with Gasteiger partial charge in [-0.3, -0.25) is 4.79 Å². The van der Waals surface area contributed by atoms with Gasteiger partial charge >= 0.3 is 5.97 Å². The molecule has 1 aromatic rings. The van der Waals surface area contributed by atoms with Crippen molar-refractivity contribution in [2.75, 3.05) is 0 Å². The van der Waals surface area contributed by atoms with E-state index < -0.39 is 18.2 Å². The monoisotopic (exact) mass is 253 g/mol. The van der Waals surface area contributed by atoms with Crippen molar-refractivity contribution < 1.29 is 19.4 Å². The quantitative estimate of drug-likeness (QED) is 0.766. The average Bonchev–Trinajstić information content (AvgIpc) is 2.94. The number of aryl methyl sites for hydroxylation is 1. The SMILES string of the molecule is Cn1ccnc1CNC(=O)[C@@H]1CC[C@H](C(=O)O)O1. The van der Waals surface area contributed by atoms with Crippen LogP contribution < -0.4 is 5.32 Å². The van der Waals surface area contributed by atoms with Crippen LogP contribution in [0.1, 0.15) is 18.7 Å². The maximum Gasteiger partial charge on any atom is 0.332 e. The van der Waals surface area contributed by atoms with E-state index in [1.54, 1.807) is 17.0 Å². The molecule has 7 nitrogen and oxygen atoms in total. The van der Waals surface area contributed by atoms with Crippen molar-refractivity contribution in [3.05, 3.63) is 18.2 Å². The van der Waals surface area contributed by atoms with Crippen LogP contribution in [-0.4, -0.2) is 38.7 Å². The number of rotatable bonds is 4. The number of nitrogens with one attached hydrogen (secondary N) is 1. The summed E-state index contributed by atoms with van der Waals surface area (Å²) >= 11 is 0. The van der Waals surface area contributed by atoms with Crippen LogP contribution in [-0.2, 0) is 27.9 Å². The summed E-state index contributed by atoms with van der Waals surface area (Å²) < 4.78 is 6.95.